The Morgan fingerprint density at radius 1 is 1.53 bits per heavy atom. The summed E-state index contributed by atoms with van der Waals surface area (Å²) in [4.78, 5) is 25.0. The Kier molecular flexibility index (Phi) is 4.68. The number of thioether (sulfide) groups is 1. The normalized spacial score (nSPS) is 19.0. The Morgan fingerprint density at radius 3 is 2.89 bits per heavy atom. The van der Waals surface area contributed by atoms with Crippen molar-refractivity contribution in [3.8, 4) is 0 Å². The molecule has 1 aliphatic rings. The van der Waals surface area contributed by atoms with E-state index in [1.807, 2.05) is 30.0 Å². The van der Waals surface area contributed by atoms with Gasteiger partial charge in [-0.25, -0.2) is 0 Å². The first-order valence-corrected chi connectivity index (χ1v) is 7.95. The molecule has 0 saturated carbocycles. The Labute approximate surface area is 125 Å². The second-order valence-corrected chi connectivity index (χ2v) is 6.83. The van der Waals surface area contributed by atoms with Crippen molar-refractivity contribution in [2.75, 3.05) is 17.2 Å². The second kappa shape index (κ2) is 6.09. The number of para-hydroxylation sites is 1. The molecule has 1 aliphatic heterocycles. The van der Waals surface area contributed by atoms with Crippen LogP contribution in [0.25, 0.3) is 0 Å². The number of halogens is 1. The van der Waals surface area contributed by atoms with Crippen LogP contribution in [-0.4, -0.2) is 23.3 Å². The SMILES string of the molecule is CC(=O)SCC1CC(=O)N(c2c(C)cccc2Br)C1. The standard InChI is InChI=1S/C14H16BrNO2S/c1-9-4-3-5-12(15)14(9)16-7-11(6-13(16)18)8-19-10(2)17/h3-5,11H,6-8H2,1-2H3. The summed E-state index contributed by atoms with van der Waals surface area (Å²) in [5.41, 5.74) is 2.05. The molecule has 1 aromatic carbocycles. The van der Waals surface area contributed by atoms with Gasteiger partial charge in [0.1, 0.15) is 0 Å². The first-order valence-electron chi connectivity index (χ1n) is 6.18. The molecule has 0 radical (unpaired) electrons. The topological polar surface area (TPSA) is 37.4 Å². The van der Waals surface area contributed by atoms with Crippen LogP contribution >= 0.6 is 27.7 Å². The van der Waals surface area contributed by atoms with Gasteiger partial charge < -0.3 is 4.90 Å². The van der Waals surface area contributed by atoms with E-state index in [0.29, 0.717) is 13.0 Å². The molecule has 1 fully saturated rings. The fourth-order valence-electron chi connectivity index (χ4n) is 2.31. The first-order chi connectivity index (χ1) is 8.99. The minimum atomic E-state index is 0.114. The van der Waals surface area contributed by atoms with E-state index in [2.05, 4.69) is 15.9 Å². The van der Waals surface area contributed by atoms with Crippen LogP contribution < -0.4 is 4.90 Å². The van der Waals surface area contributed by atoms with Crippen LogP contribution in [-0.2, 0) is 9.59 Å². The van der Waals surface area contributed by atoms with E-state index >= 15 is 0 Å². The van der Waals surface area contributed by atoms with Gasteiger partial charge in [-0.15, -0.1) is 0 Å². The minimum Gasteiger partial charge on any atom is -0.311 e. The van der Waals surface area contributed by atoms with Gasteiger partial charge in [0.15, 0.2) is 5.12 Å². The van der Waals surface area contributed by atoms with Gasteiger partial charge in [-0.1, -0.05) is 23.9 Å². The second-order valence-electron chi connectivity index (χ2n) is 4.78. The lowest BCUT2D eigenvalue weighted by Gasteiger charge is -2.20. The molecule has 1 unspecified atom stereocenters. The molecular weight excluding hydrogens is 326 g/mol. The van der Waals surface area contributed by atoms with Gasteiger partial charge in [0.25, 0.3) is 0 Å². The fraction of sp³-hybridized carbons (Fsp3) is 0.429. The average molecular weight is 342 g/mol. The molecule has 19 heavy (non-hydrogen) atoms. The van der Waals surface area contributed by atoms with Crippen LogP contribution in [0.5, 0.6) is 0 Å². The van der Waals surface area contributed by atoms with Gasteiger partial charge in [-0.2, -0.15) is 0 Å². The third-order valence-electron chi connectivity index (χ3n) is 3.19. The Morgan fingerprint density at radius 2 is 2.26 bits per heavy atom. The number of anilines is 1. The van der Waals surface area contributed by atoms with E-state index in [9.17, 15) is 9.59 Å². The van der Waals surface area contributed by atoms with Gasteiger partial charge in [-0.3, -0.25) is 9.59 Å². The number of carbonyl (C=O) groups is 2. The molecule has 0 spiro atoms. The van der Waals surface area contributed by atoms with E-state index in [0.717, 1.165) is 21.5 Å². The highest BCUT2D eigenvalue weighted by Gasteiger charge is 2.32. The lowest BCUT2D eigenvalue weighted by atomic mass is 10.1. The molecule has 1 amide bonds. The lowest BCUT2D eigenvalue weighted by Crippen LogP contribution is -2.26. The van der Waals surface area contributed by atoms with E-state index in [1.165, 1.54) is 11.8 Å². The van der Waals surface area contributed by atoms with Crippen molar-refractivity contribution in [1.29, 1.82) is 0 Å². The molecule has 3 nitrogen and oxygen atoms in total. The number of carbonyl (C=O) groups excluding carboxylic acids is 2. The number of amides is 1. The van der Waals surface area contributed by atoms with Crippen molar-refractivity contribution < 1.29 is 9.59 Å². The van der Waals surface area contributed by atoms with Crippen molar-refractivity contribution in [2.45, 2.75) is 20.3 Å². The van der Waals surface area contributed by atoms with E-state index in [4.69, 9.17) is 0 Å². The van der Waals surface area contributed by atoms with Crippen molar-refractivity contribution in [3.63, 3.8) is 0 Å². The highest BCUT2D eigenvalue weighted by Crippen LogP contribution is 2.35. The van der Waals surface area contributed by atoms with Gasteiger partial charge in [0, 0.05) is 30.1 Å². The first kappa shape index (κ1) is 14.6. The summed E-state index contributed by atoms with van der Waals surface area (Å²) in [7, 11) is 0. The Balaban J connectivity index is 2.14. The third-order valence-corrected chi connectivity index (χ3v) is 4.87. The van der Waals surface area contributed by atoms with Crippen LogP contribution in [0.15, 0.2) is 22.7 Å². The average Bonchev–Trinajstić information content (AvgIpc) is 2.68. The Hall–Kier alpha value is -0.810. The van der Waals surface area contributed by atoms with Gasteiger partial charge in [0.2, 0.25) is 5.91 Å². The van der Waals surface area contributed by atoms with Crippen molar-refractivity contribution >= 4 is 44.4 Å². The van der Waals surface area contributed by atoms with Crippen LogP contribution in [0.4, 0.5) is 5.69 Å². The molecule has 1 aromatic rings. The smallest absolute Gasteiger partial charge is 0.227 e. The number of hydrogen-bond acceptors (Lipinski definition) is 3. The summed E-state index contributed by atoms with van der Waals surface area (Å²) in [5, 5.41) is 0.114. The molecule has 1 saturated heterocycles. The number of benzene rings is 1. The predicted octanol–water partition coefficient (Wildman–Crippen LogP) is 3.39. The Bertz CT molecular complexity index is 498. The van der Waals surface area contributed by atoms with E-state index < -0.39 is 0 Å². The predicted molar refractivity (Wildman–Crippen MR) is 82.5 cm³/mol. The van der Waals surface area contributed by atoms with Crippen LogP contribution in [0.3, 0.4) is 0 Å². The zero-order valence-corrected chi connectivity index (χ0v) is 13.4. The zero-order chi connectivity index (χ0) is 14.0. The summed E-state index contributed by atoms with van der Waals surface area (Å²) in [6, 6.07) is 5.92. The maximum absolute atomic E-state index is 12.1. The highest BCUT2D eigenvalue weighted by molar-refractivity contribution is 9.10. The maximum atomic E-state index is 12.1. The number of aryl methyl sites for hydroxylation is 1. The summed E-state index contributed by atoms with van der Waals surface area (Å²) < 4.78 is 0.945. The molecule has 0 N–H and O–H groups in total. The fourth-order valence-corrected chi connectivity index (χ4v) is 3.68. The number of nitrogens with zero attached hydrogens (tertiary/aromatic N) is 1. The van der Waals surface area contributed by atoms with E-state index in [1.54, 1.807) is 6.92 Å². The molecule has 2 rings (SSSR count). The van der Waals surface area contributed by atoms with Gasteiger partial charge >= 0.3 is 0 Å². The summed E-state index contributed by atoms with van der Waals surface area (Å²) in [5.74, 6) is 1.12. The van der Waals surface area contributed by atoms with Crippen molar-refractivity contribution in [1.82, 2.24) is 0 Å². The molecular formula is C14H16BrNO2S. The summed E-state index contributed by atoms with van der Waals surface area (Å²) in [6.45, 7) is 4.27. The lowest BCUT2D eigenvalue weighted by molar-refractivity contribution is -0.117. The van der Waals surface area contributed by atoms with Gasteiger partial charge in [0.05, 0.1) is 5.69 Å². The molecule has 5 heteroatoms. The molecule has 1 atom stereocenters. The number of hydrogen-bond donors (Lipinski definition) is 0. The highest BCUT2D eigenvalue weighted by atomic mass is 79.9. The van der Waals surface area contributed by atoms with Crippen LogP contribution in [0.2, 0.25) is 0 Å². The molecule has 1 heterocycles. The minimum absolute atomic E-state index is 0.114. The zero-order valence-electron chi connectivity index (χ0n) is 11.0. The number of rotatable bonds is 3. The molecule has 0 aromatic heterocycles. The van der Waals surface area contributed by atoms with Crippen molar-refractivity contribution in [3.05, 3.63) is 28.2 Å². The van der Waals surface area contributed by atoms with Gasteiger partial charge in [-0.05, 0) is 40.4 Å². The maximum Gasteiger partial charge on any atom is 0.227 e. The largest absolute Gasteiger partial charge is 0.311 e. The summed E-state index contributed by atoms with van der Waals surface area (Å²) >= 11 is 4.82. The van der Waals surface area contributed by atoms with Crippen LogP contribution in [0.1, 0.15) is 18.9 Å². The third kappa shape index (κ3) is 3.39. The van der Waals surface area contributed by atoms with E-state index in [-0.39, 0.29) is 16.9 Å². The van der Waals surface area contributed by atoms with Crippen molar-refractivity contribution in [2.24, 2.45) is 5.92 Å². The summed E-state index contributed by atoms with van der Waals surface area (Å²) in [6.07, 6.45) is 0.529. The monoisotopic (exact) mass is 341 g/mol. The van der Waals surface area contributed by atoms with Crippen LogP contribution in [0, 0.1) is 12.8 Å². The molecule has 0 bridgehead atoms. The molecule has 0 aliphatic carbocycles. The quantitative estimate of drug-likeness (QED) is 0.845. The molecule has 102 valence electrons.